The van der Waals surface area contributed by atoms with Gasteiger partial charge in [-0.15, -0.1) is 0 Å². The Labute approximate surface area is 58.9 Å². The van der Waals surface area contributed by atoms with Gasteiger partial charge in [0, 0.05) is 0 Å². The van der Waals surface area contributed by atoms with E-state index in [9.17, 15) is 9.36 Å². The molecule has 0 spiro atoms. The average Bonchev–Trinajstić information content (AvgIpc) is 2.14. The van der Waals surface area contributed by atoms with Gasteiger partial charge in [0.05, 0.1) is 0 Å². The van der Waals surface area contributed by atoms with E-state index in [1.807, 2.05) is 0 Å². The SMILES string of the molecule is O=P#CC1CC(=O)N(O)C1. The second kappa shape index (κ2) is 3.02. The zero-order chi connectivity index (χ0) is 7.56. The van der Waals surface area contributed by atoms with Crippen LogP contribution in [-0.2, 0) is 9.36 Å². The monoisotopic (exact) mass is 159 g/mol. The van der Waals surface area contributed by atoms with Crippen molar-refractivity contribution in [3.63, 3.8) is 0 Å². The van der Waals surface area contributed by atoms with E-state index in [0.29, 0.717) is 5.06 Å². The summed E-state index contributed by atoms with van der Waals surface area (Å²) in [5, 5.41) is 9.36. The topological polar surface area (TPSA) is 57.6 Å². The fraction of sp³-hybridized carbons (Fsp3) is 0.600. The zero-order valence-electron chi connectivity index (χ0n) is 5.15. The Morgan fingerprint density at radius 1 is 1.80 bits per heavy atom. The van der Waals surface area contributed by atoms with Crippen LogP contribution in [0, 0.1) is 11.5 Å². The van der Waals surface area contributed by atoms with Crippen LogP contribution in [0.25, 0.3) is 0 Å². The van der Waals surface area contributed by atoms with Crippen molar-refractivity contribution in [2.45, 2.75) is 6.42 Å². The molecule has 5 heteroatoms. The normalized spacial score (nSPS) is 24.7. The molecule has 0 aromatic heterocycles. The summed E-state index contributed by atoms with van der Waals surface area (Å²) >= 11 is 0. The minimum absolute atomic E-state index is 0.184. The van der Waals surface area contributed by atoms with Crippen molar-refractivity contribution in [2.24, 2.45) is 5.92 Å². The second-order valence-electron chi connectivity index (χ2n) is 2.10. The number of nitrogens with zero attached hydrogens (tertiary/aromatic N) is 1. The Bertz CT molecular complexity index is 245. The summed E-state index contributed by atoms with van der Waals surface area (Å²) in [4.78, 5) is 10.6. The number of carbonyl (C=O) groups is 1. The van der Waals surface area contributed by atoms with Crippen LogP contribution in [0.1, 0.15) is 6.42 Å². The van der Waals surface area contributed by atoms with Gasteiger partial charge in [0.25, 0.3) is 0 Å². The Morgan fingerprint density at radius 3 is 2.90 bits per heavy atom. The van der Waals surface area contributed by atoms with Crippen molar-refractivity contribution in [3.8, 4) is 5.63 Å². The Kier molecular flexibility index (Phi) is 2.28. The Balaban J connectivity index is 2.63. The van der Waals surface area contributed by atoms with Crippen molar-refractivity contribution in [2.75, 3.05) is 6.54 Å². The van der Waals surface area contributed by atoms with Crippen LogP contribution in [-0.4, -0.2) is 22.7 Å². The van der Waals surface area contributed by atoms with Crippen molar-refractivity contribution >= 4 is 13.8 Å². The maximum absolute atomic E-state index is 10.6. The molecule has 1 saturated heterocycles. The van der Waals surface area contributed by atoms with Gasteiger partial charge in [-0.05, 0) is 0 Å². The molecular formula is C5H6NO3P. The number of rotatable bonds is 0. The molecule has 1 rings (SSSR count). The molecule has 1 aliphatic heterocycles. The Hall–Kier alpha value is -0.560. The van der Waals surface area contributed by atoms with Gasteiger partial charge >= 0.3 is 58.0 Å². The third-order valence-corrected chi connectivity index (χ3v) is 1.81. The van der Waals surface area contributed by atoms with Gasteiger partial charge in [0.1, 0.15) is 0 Å². The van der Waals surface area contributed by atoms with Crippen LogP contribution < -0.4 is 0 Å². The molecule has 0 aromatic carbocycles. The fourth-order valence-corrected chi connectivity index (χ4v) is 1.17. The second-order valence-corrected chi connectivity index (χ2v) is 2.54. The summed E-state index contributed by atoms with van der Waals surface area (Å²) in [6.07, 6.45) is 0.214. The fourth-order valence-electron chi connectivity index (χ4n) is 0.852. The van der Waals surface area contributed by atoms with E-state index in [1.165, 1.54) is 0 Å². The van der Waals surface area contributed by atoms with Crippen molar-refractivity contribution < 1.29 is 14.6 Å². The van der Waals surface area contributed by atoms with Crippen LogP contribution in [0.4, 0.5) is 0 Å². The molecular weight excluding hydrogens is 153 g/mol. The van der Waals surface area contributed by atoms with Gasteiger partial charge in [-0.3, -0.25) is 0 Å². The number of amides is 1. The van der Waals surface area contributed by atoms with E-state index < -0.39 is 0 Å². The predicted molar refractivity (Wildman–Crippen MR) is 33.1 cm³/mol. The van der Waals surface area contributed by atoms with E-state index in [0.717, 1.165) is 0 Å². The van der Waals surface area contributed by atoms with Crippen LogP contribution >= 0.6 is 7.92 Å². The summed E-state index contributed by atoms with van der Waals surface area (Å²) < 4.78 is 9.95. The first-order chi connectivity index (χ1) is 4.74. The van der Waals surface area contributed by atoms with Crippen LogP contribution in [0.15, 0.2) is 0 Å². The number of carbonyl (C=O) groups excluding carboxylic acids is 1. The molecule has 0 bridgehead atoms. The van der Waals surface area contributed by atoms with E-state index in [4.69, 9.17) is 5.21 Å². The molecule has 54 valence electrons. The predicted octanol–water partition coefficient (Wildman–Crippen LogP) is 0.475. The standard InChI is InChI=1S/C5H6NO3P/c7-5-1-4(3-10-9)2-6(5)8/h4,8H,1-2H2. The summed E-state index contributed by atoms with van der Waals surface area (Å²) in [5.41, 5.74) is 2.50. The van der Waals surface area contributed by atoms with Gasteiger partial charge in [0.2, 0.25) is 0 Å². The van der Waals surface area contributed by atoms with Crippen molar-refractivity contribution in [3.05, 3.63) is 0 Å². The van der Waals surface area contributed by atoms with E-state index in [1.54, 1.807) is 0 Å². The Morgan fingerprint density at radius 2 is 2.50 bits per heavy atom. The summed E-state index contributed by atoms with van der Waals surface area (Å²) in [5.74, 6) is -0.516. The quantitative estimate of drug-likeness (QED) is 0.413. The summed E-state index contributed by atoms with van der Waals surface area (Å²) in [6, 6.07) is 0. The molecule has 0 aliphatic carbocycles. The minimum atomic E-state index is -0.332. The van der Waals surface area contributed by atoms with Crippen molar-refractivity contribution in [1.29, 1.82) is 0 Å². The molecule has 0 radical (unpaired) electrons. The molecule has 1 atom stereocenters. The number of hydrogen-bond acceptors (Lipinski definition) is 3. The first kappa shape index (κ1) is 7.55. The molecule has 0 aromatic rings. The number of hydroxylamine groups is 2. The average molecular weight is 159 g/mol. The maximum atomic E-state index is 10.6. The van der Waals surface area contributed by atoms with Gasteiger partial charge < -0.3 is 0 Å². The van der Waals surface area contributed by atoms with Crippen LogP contribution in [0.2, 0.25) is 0 Å². The molecule has 0 saturated carbocycles. The summed E-state index contributed by atoms with van der Waals surface area (Å²) in [7, 11) is -0.203. The first-order valence-electron chi connectivity index (χ1n) is 2.81. The van der Waals surface area contributed by atoms with E-state index in [2.05, 4.69) is 5.63 Å². The molecule has 10 heavy (non-hydrogen) atoms. The third kappa shape index (κ3) is 1.48. The van der Waals surface area contributed by atoms with Crippen LogP contribution in [0.5, 0.6) is 0 Å². The molecule has 1 N–H and O–H groups in total. The number of hydrogen-bond donors (Lipinski definition) is 1. The molecule has 1 aliphatic rings. The van der Waals surface area contributed by atoms with Gasteiger partial charge in [-0.2, -0.15) is 0 Å². The summed E-state index contributed by atoms with van der Waals surface area (Å²) in [6.45, 7) is 0.216. The molecule has 1 heterocycles. The van der Waals surface area contributed by atoms with E-state index in [-0.39, 0.29) is 32.7 Å². The molecule has 1 amide bonds. The van der Waals surface area contributed by atoms with Crippen molar-refractivity contribution in [1.82, 2.24) is 5.06 Å². The molecule has 1 unspecified atom stereocenters. The van der Waals surface area contributed by atoms with Crippen LogP contribution in [0.3, 0.4) is 0 Å². The molecule has 1 fully saturated rings. The first-order valence-corrected chi connectivity index (χ1v) is 3.62. The van der Waals surface area contributed by atoms with Gasteiger partial charge in [-0.25, -0.2) is 0 Å². The van der Waals surface area contributed by atoms with Gasteiger partial charge in [0.15, 0.2) is 0 Å². The third-order valence-electron chi connectivity index (χ3n) is 1.34. The molecule has 4 nitrogen and oxygen atoms in total. The van der Waals surface area contributed by atoms with E-state index >= 15 is 0 Å². The zero-order valence-corrected chi connectivity index (χ0v) is 6.04. The van der Waals surface area contributed by atoms with Gasteiger partial charge in [-0.1, -0.05) is 0 Å².